The minimum absolute atomic E-state index is 0. The molecule has 1 heterocycles. The molecule has 0 aromatic carbocycles. The fourth-order valence-electron chi connectivity index (χ4n) is 13.1. The van der Waals surface area contributed by atoms with Crippen LogP contribution in [-0.4, -0.2) is 68.2 Å². The largest absolute Gasteiger partial charge is 1.00 e. The lowest BCUT2D eigenvalue weighted by Crippen LogP contribution is -3.00. The van der Waals surface area contributed by atoms with E-state index in [0.717, 1.165) is 30.8 Å². The molecule has 0 radical (unpaired) electrons. The minimum atomic E-state index is -0.109. The summed E-state index contributed by atoms with van der Waals surface area (Å²) in [5.41, 5.74) is 1.73. The highest BCUT2D eigenvalue weighted by molar-refractivity contribution is 5.70. The zero-order chi connectivity index (χ0) is 29.9. The van der Waals surface area contributed by atoms with Crippen molar-refractivity contribution in [1.82, 2.24) is 0 Å². The Morgan fingerprint density at radius 2 is 1.55 bits per heavy atom. The summed E-state index contributed by atoms with van der Waals surface area (Å²) in [7, 11) is 4.00. The summed E-state index contributed by atoms with van der Waals surface area (Å²) in [4.78, 5) is 13.1. The number of carbonyl (C=O) groups is 1. The number of aliphatic hydroxyl groups excluding tert-OH is 1. The molecule has 6 fully saturated rings. The highest BCUT2D eigenvalue weighted by Crippen LogP contribution is 2.78. The zero-order valence-electron chi connectivity index (χ0n) is 28.4. The Hall–Kier alpha value is -0.170. The van der Waals surface area contributed by atoms with Crippen molar-refractivity contribution in [3.63, 3.8) is 0 Å². The van der Waals surface area contributed by atoms with Gasteiger partial charge in [0.1, 0.15) is 12.6 Å². The summed E-state index contributed by atoms with van der Waals surface area (Å²) in [5.74, 6) is 2.73. The second kappa shape index (κ2) is 10.4. The topological polar surface area (TPSA) is 55.8 Å². The molecule has 0 aromatic heterocycles. The number of aliphatic hydroxyl groups is 1. The molecular formula is C36H62BrNO4. The van der Waals surface area contributed by atoms with Crippen molar-refractivity contribution in [1.29, 1.82) is 0 Å². The lowest BCUT2D eigenvalue weighted by atomic mass is 9.31. The van der Waals surface area contributed by atoms with Crippen LogP contribution in [0.15, 0.2) is 0 Å². The highest BCUT2D eigenvalue weighted by atomic mass is 79.9. The van der Waals surface area contributed by atoms with Crippen LogP contribution < -0.4 is 17.0 Å². The molecule has 2 bridgehead atoms. The lowest BCUT2D eigenvalue weighted by molar-refractivity contribution is -0.883. The molecule has 1 N–H and O–H groups in total. The lowest BCUT2D eigenvalue weighted by Gasteiger charge is -2.73. The molecule has 0 spiro atoms. The molecule has 6 aliphatic rings. The molecular weight excluding hydrogens is 590 g/mol. The number of hydrogen-bond donors (Lipinski definition) is 1. The summed E-state index contributed by atoms with van der Waals surface area (Å²) < 4.78 is 13.5. The summed E-state index contributed by atoms with van der Waals surface area (Å²) in [6, 6.07) is 0. The first-order valence-corrected chi connectivity index (χ1v) is 17.2. The van der Waals surface area contributed by atoms with E-state index in [1.165, 1.54) is 57.8 Å². The molecule has 6 rings (SSSR count). The third-order valence-electron chi connectivity index (χ3n) is 15.6. The number of halogens is 1. The van der Waals surface area contributed by atoms with Gasteiger partial charge in [-0.25, -0.2) is 4.79 Å². The van der Waals surface area contributed by atoms with Gasteiger partial charge in [0.05, 0.1) is 33.4 Å². The monoisotopic (exact) mass is 651 g/mol. The van der Waals surface area contributed by atoms with Gasteiger partial charge in [0.2, 0.25) is 0 Å². The molecule has 5 nitrogen and oxygen atoms in total. The maximum Gasteiger partial charge on any atom is 0.362 e. The van der Waals surface area contributed by atoms with Gasteiger partial charge in [-0.05, 0) is 115 Å². The molecule has 10 atom stereocenters. The van der Waals surface area contributed by atoms with Gasteiger partial charge >= 0.3 is 5.97 Å². The number of nitrogens with zero attached hydrogens (tertiary/aromatic N) is 1. The van der Waals surface area contributed by atoms with E-state index in [-0.39, 0.29) is 46.5 Å². The summed E-state index contributed by atoms with van der Waals surface area (Å²) >= 11 is 0. The second-order valence-electron chi connectivity index (χ2n) is 18.7. The number of hydrogen-bond acceptors (Lipinski definition) is 4. The number of fused-ring (bicyclic) bond motifs is 5. The Bertz CT molecular complexity index is 1060. The summed E-state index contributed by atoms with van der Waals surface area (Å²) in [6.07, 6.45) is 13.3. The van der Waals surface area contributed by atoms with E-state index in [0.29, 0.717) is 51.3 Å². The Labute approximate surface area is 267 Å². The van der Waals surface area contributed by atoms with Crippen LogP contribution in [0.5, 0.6) is 0 Å². The van der Waals surface area contributed by atoms with Crippen molar-refractivity contribution in [3.05, 3.63) is 0 Å². The molecule has 242 valence electrons. The van der Waals surface area contributed by atoms with Crippen LogP contribution >= 0.6 is 0 Å². The summed E-state index contributed by atoms with van der Waals surface area (Å²) in [6.45, 7) is 19.9. The van der Waals surface area contributed by atoms with E-state index >= 15 is 0 Å². The first kappa shape index (κ1) is 33.2. The van der Waals surface area contributed by atoms with Crippen LogP contribution in [0.3, 0.4) is 0 Å². The number of rotatable bonds is 5. The fourth-order valence-corrected chi connectivity index (χ4v) is 13.1. The third kappa shape index (κ3) is 4.55. The van der Waals surface area contributed by atoms with Crippen LogP contribution in [0.1, 0.15) is 113 Å². The van der Waals surface area contributed by atoms with Crippen molar-refractivity contribution < 1.29 is 40.8 Å². The molecule has 4 unspecified atom stereocenters. The molecule has 0 amide bonds. The van der Waals surface area contributed by atoms with Gasteiger partial charge in [-0.15, -0.1) is 0 Å². The SMILES string of the molecule is CC1(C)CC[C@]23CC[C@]4(C)C(CCC5[C@@]6(C)CC[C@H](OC(=O)C[N+](C)(C)CCO)C(C)(C)C6CC[C@]54C)C2[C@H]1OC3.[Br-]. The molecule has 0 aromatic rings. The van der Waals surface area contributed by atoms with Gasteiger partial charge in [0, 0.05) is 5.41 Å². The van der Waals surface area contributed by atoms with Crippen molar-refractivity contribution >= 4 is 5.97 Å². The van der Waals surface area contributed by atoms with E-state index in [1.54, 1.807) is 0 Å². The van der Waals surface area contributed by atoms with Crippen molar-refractivity contribution in [2.24, 2.45) is 56.2 Å². The third-order valence-corrected chi connectivity index (χ3v) is 15.6. The van der Waals surface area contributed by atoms with Crippen LogP contribution in [0.25, 0.3) is 0 Å². The van der Waals surface area contributed by atoms with Gasteiger partial charge in [0.15, 0.2) is 6.54 Å². The van der Waals surface area contributed by atoms with Crippen LogP contribution in [0.4, 0.5) is 0 Å². The minimum Gasteiger partial charge on any atom is -1.00 e. The molecule has 5 aliphatic carbocycles. The molecule has 6 heteroatoms. The standard InChI is InChI=1S/C36H62NO4.BrH/c1-31(2)16-18-36-19-17-34(6)24(29(36)30(31)40-23-36)10-11-26-33(5)14-13-27(41-28(39)22-37(8,9)20-21-38)32(3,4)25(33)12-15-35(26,34)7;/h24-27,29-30,38H,10-23H2,1-9H3;1H/q+1;/p-1/t24?,25?,26?,27-,29?,30+,33-,34+,35+,36+;/m0./s1. The van der Waals surface area contributed by atoms with Crippen LogP contribution in [0, 0.1) is 56.2 Å². The van der Waals surface area contributed by atoms with Gasteiger partial charge in [-0.1, -0.05) is 48.5 Å². The van der Waals surface area contributed by atoms with Gasteiger partial charge < -0.3 is 36.0 Å². The first-order valence-electron chi connectivity index (χ1n) is 17.2. The summed E-state index contributed by atoms with van der Waals surface area (Å²) in [5, 5.41) is 9.42. The fraction of sp³-hybridized carbons (Fsp3) is 0.972. The van der Waals surface area contributed by atoms with Crippen molar-refractivity contribution in [2.75, 3.05) is 40.4 Å². The number of ether oxygens (including phenoxy) is 2. The van der Waals surface area contributed by atoms with Crippen molar-refractivity contribution in [3.8, 4) is 0 Å². The van der Waals surface area contributed by atoms with Gasteiger partial charge in [0.25, 0.3) is 0 Å². The Kier molecular flexibility index (Phi) is 8.24. The zero-order valence-corrected chi connectivity index (χ0v) is 29.9. The van der Waals surface area contributed by atoms with Crippen LogP contribution in [-0.2, 0) is 14.3 Å². The number of quaternary nitrogens is 1. The highest BCUT2D eigenvalue weighted by Gasteiger charge is 2.73. The molecule has 42 heavy (non-hydrogen) atoms. The molecule has 1 aliphatic heterocycles. The average Bonchev–Trinajstić information content (AvgIpc) is 3.19. The van der Waals surface area contributed by atoms with E-state index in [9.17, 15) is 9.90 Å². The normalized spacial score (nSPS) is 48.5. The number of carbonyl (C=O) groups excluding carboxylic acids is 1. The second-order valence-corrected chi connectivity index (χ2v) is 18.7. The predicted octanol–water partition coefficient (Wildman–Crippen LogP) is 3.86. The first-order chi connectivity index (χ1) is 19.0. The maximum atomic E-state index is 13.1. The van der Waals surface area contributed by atoms with Crippen molar-refractivity contribution in [2.45, 2.75) is 125 Å². The quantitative estimate of drug-likeness (QED) is 0.362. The number of esters is 1. The van der Waals surface area contributed by atoms with E-state index in [1.807, 2.05) is 14.1 Å². The van der Waals surface area contributed by atoms with E-state index < -0.39 is 0 Å². The molecule has 5 saturated carbocycles. The smallest absolute Gasteiger partial charge is 0.362 e. The Morgan fingerprint density at radius 3 is 2.24 bits per heavy atom. The maximum absolute atomic E-state index is 13.1. The van der Waals surface area contributed by atoms with E-state index in [2.05, 4.69) is 48.5 Å². The van der Waals surface area contributed by atoms with Gasteiger partial charge in [-0.3, -0.25) is 0 Å². The molecule has 1 saturated heterocycles. The van der Waals surface area contributed by atoms with E-state index in [4.69, 9.17) is 9.47 Å². The van der Waals surface area contributed by atoms with Crippen LogP contribution in [0.2, 0.25) is 0 Å². The average molecular weight is 653 g/mol. The predicted molar refractivity (Wildman–Crippen MR) is 163 cm³/mol. The Morgan fingerprint density at radius 1 is 0.857 bits per heavy atom. The van der Waals surface area contributed by atoms with Gasteiger partial charge in [-0.2, -0.15) is 0 Å². The Balaban J connectivity index is 0.00000353. The number of likely N-dealkylation sites (N-methyl/N-ethyl adjacent to an activating group) is 1.